The quantitative estimate of drug-likeness (QED) is 0.904. The van der Waals surface area contributed by atoms with Crippen molar-refractivity contribution in [3.8, 4) is 0 Å². The number of hydrogen-bond acceptors (Lipinski definition) is 3. The number of nitrogens with zero attached hydrogens (tertiary/aromatic N) is 1. The summed E-state index contributed by atoms with van der Waals surface area (Å²) in [6, 6.07) is 9.55. The van der Waals surface area contributed by atoms with Crippen molar-refractivity contribution in [2.24, 2.45) is 11.7 Å². The lowest BCUT2D eigenvalue weighted by atomic mass is 9.92. The number of benzene rings is 1. The molecule has 2 unspecified atom stereocenters. The molecule has 2 N–H and O–H groups in total. The molecule has 2 rings (SSSR count). The smallest absolute Gasteiger partial charge is 0.247 e. The van der Waals surface area contributed by atoms with Gasteiger partial charge < -0.3 is 15.4 Å². The molecule has 0 saturated carbocycles. The van der Waals surface area contributed by atoms with Crippen molar-refractivity contribution in [1.29, 1.82) is 0 Å². The molecule has 0 radical (unpaired) electrons. The topological polar surface area (TPSA) is 55.6 Å². The SMILES string of the molecule is CC(C)COC1CCN(C(=O)C(C)(N)c2ccccc2)C1. The fourth-order valence-electron chi connectivity index (χ4n) is 2.61. The van der Waals surface area contributed by atoms with Gasteiger partial charge in [-0.15, -0.1) is 0 Å². The lowest BCUT2D eigenvalue weighted by Gasteiger charge is -2.29. The highest BCUT2D eigenvalue weighted by Gasteiger charge is 2.37. The molecule has 0 aliphatic carbocycles. The number of likely N-dealkylation sites (tertiary alicyclic amines) is 1. The molecule has 1 aromatic carbocycles. The molecule has 0 spiro atoms. The van der Waals surface area contributed by atoms with Gasteiger partial charge in [0.15, 0.2) is 0 Å². The normalized spacial score (nSPS) is 21.6. The summed E-state index contributed by atoms with van der Waals surface area (Å²) in [4.78, 5) is 14.5. The molecule has 1 fully saturated rings. The summed E-state index contributed by atoms with van der Waals surface area (Å²) in [7, 11) is 0. The number of carbonyl (C=O) groups is 1. The van der Waals surface area contributed by atoms with Crippen molar-refractivity contribution in [3.63, 3.8) is 0 Å². The number of hydrogen-bond donors (Lipinski definition) is 1. The van der Waals surface area contributed by atoms with Crippen molar-refractivity contribution in [1.82, 2.24) is 4.90 Å². The van der Waals surface area contributed by atoms with Gasteiger partial charge in [-0.3, -0.25) is 4.79 Å². The van der Waals surface area contributed by atoms with E-state index in [9.17, 15) is 4.79 Å². The minimum atomic E-state index is -0.978. The molecule has 2 atom stereocenters. The number of carbonyl (C=O) groups excluding carboxylic acids is 1. The van der Waals surface area contributed by atoms with Gasteiger partial charge in [0.05, 0.1) is 6.10 Å². The van der Waals surface area contributed by atoms with Gasteiger partial charge in [-0.05, 0) is 24.8 Å². The van der Waals surface area contributed by atoms with Gasteiger partial charge in [0.1, 0.15) is 5.54 Å². The molecule has 0 aromatic heterocycles. The Bertz CT molecular complexity index is 471. The summed E-state index contributed by atoms with van der Waals surface area (Å²) in [5, 5.41) is 0. The Labute approximate surface area is 127 Å². The number of nitrogens with two attached hydrogens (primary N) is 1. The third-order valence-corrected chi connectivity index (χ3v) is 3.92. The standard InChI is InChI=1S/C17H26N2O2/c1-13(2)12-21-15-9-10-19(11-15)16(20)17(3,18)14-7-5-4-6-8-14/h4-8,13,15H,9-12,18H2,1-3H3. The maximum Gasteiger partial charge on any atom is 0.247 e. The molecule has 4 nitrogen and oxygen atoms in total. The minimum Gasteiger partial charge on any atom is -0.376 e. The second-order valence-corrected chi connectivity index (χ2v) is 6.46. The summed E-state index contributed by atoms with van der Waals surface area (Å²) in [5.74, 6) is 0.489. The highest BCUT2D eigenvalue weighted by atomic mass is 16.5. The Morgan fingerprint density at radius 1 is 1.43 bits per heavy atom. The second kappa shape index (κ2) is 6.58. The van der Waals surface area contributed by atoms with E-state index in [-0.39, 0.29) is 12.0 Å². The van der Waals surface area contributed by atoms with Crippen LogP contribution in [0.3, 0.4) is 0 Å². The molecular formula is C17H26N2O2. The van der Waals surface area contributed by atoms with Gasteiger partial charge in [0.2, 0.25) is 5.91 Å². The zero-order valence-corrected chi connectivity index (χ0v) is 13.2. The number of rotatable bonds is 5. The third-order valence-electron chi connectivity index (χ3n) is 3.92. The maximum atomic E-state index is 12.7. The predicted octanol–water partition coefficient (Wildman–Crippen LogP) is 2.13. The van der Waals surface area contributed by atoms with Crippen LogP contribution < -0.4 is 5.73 Å². The van der Waals surface area contributed by atoms with E-state index in [1.807, 2.05) is 35.2 Å². The monoisotopic (exact) mass is 290 g/mol. The van der Waals surface area contributed by atoms with Crippen LogP contribution in [0.4, 0.5) is 0 Å². The Morgan fingerprint density at radius 2 is 2.10 bits per heavy atom. The molecule has 1 amide bonds. The maximum absolute atomic E-state index is 12.7. The van der Waals surface area contributed by atoms with Crippen molar-refractivity contribution in [2.75, 3.05) is 19.7 Å². The van der Waals surface area contributed by atoms with Crippen LogP contribution in [0, 0.1) is 5.92 Å². The average Bonchev–Trinajstić information content (AvgIpc) is 2.94. The molecule has 1 saturated heterocycles. The molecule has 1 aromatic rings. The molecule has 1 heterocycles. The van der Waals surface area contributed by atoms with Crippen LogP contribution in [0.25, 0.3) is 0 Å². The highest BCUT2D eigenvalue weighted by molar-refractivity contribution is 5.87. The molecular weight excluding hydrogens is 264 g/mol. The van der Waals surface area contributed by atoms with Gasteiger partial charge in [-0.1, -0.05) is 44.2 Å². The first-order valence-electron chi connectivity index (χ1n) is 7.66. The van der Waals surface area contributed by atoms with Crippen LogP contribution in [-0.4, -0.2) is 36.6 Å². The van der Waals surface area contributed by atoms with E-state index in [2.05, 4.69) is 13.8 Å². The second-order valence-electron chi connectivity index (χ2n) is 6.46. The van der Waals surface area contributed by atoms with Crippen LogP contribution in [0.2, 0.25) is 0 Å². The van der Waals surface area contributed by atoms with Crippen LogP contribution in [0.5, 0.6) is 0 Å². The zero-order chi connectivity index (χ0) is 15.5. The van der Waals surface area contributed by atoms with Gasteiger partial charge in [0, 0.05) is 19.7 Å². The van der Waals surface area contributed by atoms with E-state index in [0.29, 0.717) is 12.5 Å². The van der Waals surface area contributed by atoms with Crippen LogP contribution in [0.15, 0.2) is 30.3 Å². The van der Waals surface area contributed by atoms with Gasteiger partial charge >= 0.3 is 0 Å². The molecule has 1 aliphatic rings. The Balaban J connectivity index is 1.98. The van der Waals surface area contributed by atoms with Crippen LogP contribution in [0.1, 0.15) is 32.8 Å². The van der Waals surface area contributed by atoms with Crippen LogP contribution in [-0.2, 0) is 15.1 Å². The van der Waals surface area contributed by atoms with E-state index in [0.717, 1.165) is 25.1 Å². The predicted molar refractivity (Wildman–Crippen MR) is 83.8 cm³/mol. The number of amides is 1. The molecule has 4 heteroatoms. The van der Waals surface area contributed by atoms with Crippen molar-refractivity contribution in [2.45, 2.75) is 38.8 Å². The Kier molecular flexibility index (Phi) is 5.01. The van der Waals surface area contributed by atoms with E-state index < -0.39 is 5.54 Å². The highest BCUT2D eigenvalue weighted by Crippen LogP contribution is 2.24. The van der Waals surface area contributed by atoms with E-state index in [4.69, 9.17) is 10.5 Å². The summed E-state index contributed by atoms with van der Waals surface area (Å²) < 4.78 is 5.83. The first-order chi connectivity index (χ1) is 9.91. The van der Waals surface area contributed by atoms with Crippen molar-refractivity contribution < 1.29 is 9.53 Å². The first-order valence-corrected chi connectivity index (χ1v) is 7.66. The lowest BCUT2D eigenvalue weighted by Crippen LogP contribution is -2.50. The lowest BCUT2D eigenvalue weighted by molar-refractivity contribution is -0.136. The summed E-state index contributed by atoms with van der Waals surface area (Å²) in [6.45, 7) is 8.15. The van der Waals surface area contributed by atoms with Gasteiger partial charge in [-0.2, -0.15) is 0 Å². The van der Waals surface area contributed by atoms with Crippen molar-refractivity contribution in [3.05, 3.63) is 35.9 Å². The molecule has 1 aliphatic heterocycles. The number of ether oxygens (including phenoxy) is 1. The largest absolute Gasteiger partial charge is 0.376 e. The van der Waals surface area contributed by atoms with E-state index in [1.54, 1.807) is 6.92 Å². The Morgan fingerprint density at radius 3 is 2.71 bits per heavy atom. The van der Waals surface area contributed by atoms with Gasteiger partial charge in [0.25, 0.3) is 0 Å². The van der Waals surface area contributed by atoms with E-state index in [1.165, 1.54) is 0 Å². The first kappa shape index (κ1) is 16.0. The summed E-state index contributed by atoms with van der Waals surface area (Å²) in [5.41, 5.74) is 6.17. The minimum absolute atomic E-state index is 0.0238. The van der Waals surface area contributed by atoms with Crippen LogP contribution >= 0.6 is 0 Å². The third kappa shape index (κ3) is 3.83. The Hall–Kier alpha value is -1.39. The molecule has 0 bridgehead atoms. The summed E-state index contributed by atoms with van der Waals surface area (Å²) >= 11 is 0. The molecule has 116 valence electrons. The zero-order valence-electron chi connectivity index (χ0n) is 13.2. The van der Waals surface area contributed by atoms with E-state index >= 15 is 0 Å². The fraction of sp³-hybridized carbons (Fsp3) is 0.588. The molecule has 21 heavy (non-hydrogen) atoms. The fourth-order valence-corrected chi connectivity index (χ4v) is 2.61. The average molecular weight is 290 g/mol. The van der Waals surface area contributed by atoms with Gasteiger partial charge in [-0.25, -0.2) is 0 Å². The van der Waals surface area contributed by atoms with Crippen molar-refractivity contribution >= 4 is 5.91 Å². The summed E-state index contributed by atoms with van der Waals surface area (Å²) in [6.07, 6.45) is 1.03.